The molecule has 4 heteroatoms. The first kappa shape index (κ1) is 7.24. The third-order valence-corrected chi connectivity index (χ3v) is 2.15. The molecule has 0 fully saturated rings. The molecule has 10 heavy (non-hydrogen) atoms. The molecule has 0 bridgehead atoms. The maximum Gasteiger partial charge on any atom is 0.172 e. The minimum Gasteiger partial charge on any atom is -0.291 e. The molecule has 54 valence electrons. The Morgan fingerprint density at radius 3 is 3.00 bits per heavy atom. The molecule has 1 unspecified atom stereocenters. The maximum absolute atomic E-state index is 10.2. The van der Waals surface area contributed by atoms with E-state index < -0.39 is 11.1 Å². The lowest BCUT2D eigenvalue weighted by Gasteiger charge is -2.05. The number of nitrogens with zero attached hydrogens (tertiary/aromatic N) is 1. The average Bonchev–Trinajstić information content (AvgIpc) is 2.05. The number of pyridine rings is 1. The zero-order valence-corrected chi connectivity index (χ0v) is 6.16. The maximum atomic E-state index is 10.2. The topological polar surface area (TPSA) is 56.0 Å². The Morgan fingerprint density at radius 2 is 2.50 bits per heavy atom. The van der Waals surface area contributed by atoms with Crippen LogP contribution in [0.5, 0.6) is 0 Å². The Balaban J connectivity index is 2.84. The zero-order valence-electron chi connectivity index (χ0n) is 5.27. The lowest BCUT2D eigenvalue weighted by atomic mass is 10.5. The van der Waals surface area contributed by atoms with Crippen LogP contribution in [0.15, 0.2) is 29.4 Å². The minimum absolute atomic E-state index is 0.756. The molecular weight excluding hydrogens is 148 g/mol. The van der Waals surface area contributed by atoms with E-state index in [0.717, 1.165) is 10.5 Å². The molecule has 0 aliphatic heterocycles. The third kappa shape index (κ3) is 1.55. The summed E-state index contributed by atoms with van der Waals surface area (Å²) in [5, 5.41) is 5.45. The summed E-state index contributed by atoms with van der Waals surface area (Å²) in [4.78, 5) is 14.8. The molecular formula is C6H8N2OS. The normalized spacial score (nSPS) is 14.3. The van der Waals surface area contributed by atoms with Crippen LogP contribution in [-0.2, 0) is 4.79 Å². The van der Waals surface area contributed by atoms with Gasteiger partial charge in [0.2, 0.25) is 0 Å². The Hall–Kier alpha value is -0.870. The van der Waals surface area contributed by atoms with Gasteiger partial charge in [-0.3, -0.25) is 14.9 Å². The first-order valence-electron chi connectivity index (χ1n) is 2.74. The first-order valence-corrected chi connectivity index (χ1v) is 4.22. The molecule has 0 saturated carbocycles. The van der Waals surface area contributed by atoms with Gasteiger partial charge in [0.05, 0.1) is 0 Å². The summed E-state index contributed by atoms with van der Waals surface area (Å²) in [6, 6.07) is 3.56. The first-order chi connectivity index (χ1) is 4.84. The Morgan fingerprint density at radius 1 is 1.70 bits per heavy atom. The highest BCUT2D eigenvalue weighted by Gasteiger charge is 1.95. The molecule has 0 amide bonds. The summed E-state index contributed by atoms with van der Waals surface area (Å²) in [5.74, 6) is 0. The summed E-state index contributed by atoms with van der Waals surface area (Å²) in [5.41, 5.74) is 0.756. The molecule has 1 rings (SSSR count). The Bertz CT molecular complexity index is 214. The molecule has 0 aliphatic carbocycles. The fourth-order valence-electron chi connectivity index (χ4n) is 0.567. The van der Waals surface area contributed by atoms with Crippen LogP contribution in [0.1, 0.15) is 0 Å². The van der Waals surface area contributed by atoms with Crippen LogP contribution >= 0.6 is 11.1 Å². The van der Waals surface area contributed by atoms with E-state index in [-0.39, 0.29) is 0 Å². The highest BCUT2D eigenvalue weighted by molar-refractivity contribution is 8.26. The van der Waals surface area contributed by atoms with E-state index in [1.165, 1.54) is 0 Å². The van der Waals surface area contributed by atoms with Crippen LogP contribution < -0.4 is 5.14 Å². The van der Waals surface area contributed by atoms with Crippen molar-refractivity contribution in [2.75, 3.05) is 0 Å². The molecule has 3 nitrogen and oxygen atoms in total. The van der Waals surface area contributed by atoms with Gasteiger partial charge in [-0.15, -0.1) is 11.1 Å². The van der Waals surface area contributed by atoms with Crippen molar-refractivity contribution in [2.45, 2.75) is 4.90 Å². The van der Waals surface area contributed by atoms with Crippen molar-refractivity contribution in [1.29, 1.82) is 0 Å². The van der Waals surface area contributed by atoms with Crippen LogP contribution in [0, 0.1) is 0 Å². The van der Waals surface area contributed by atoms with Gasteiger partial charge in [-0.2, -0.15) is 0 Å². The summed E-state index contributed by atoms with van der Waals surface area (Å²) >= 11 is -1.12. The molecule has 1 heterocycles. The van der Waals surface area contributed by atoms with E-state index in [9.17, 15) is 4.79 Å². The number of nitrogens with two attached hydrogens (primary N) is 1. The molecule has 0 aliphatic rings. The zero-order chi connectivity index (χ0) is 7.40. The summed E-state index contributed by atoms with van der Waals surface area (Å²) in [6.45, 7) is 0. The van der Waals surface area contributed by atoms with Gasteiger partial charge in [0, 0.05) is 17.3 Å². The molecule has 2 N–H and O–H groups in total. The van der Waals surface area contributed by atoms with Crippen molar-refractivity contribution in [3.05, 3.63) is 24.5 Å². The van der Waals surface area contributed by atoms with Crippen LogP contribution in [0.2, 0.25) is 0 Å². The Kier molecular flexibility index (Phi) is 2.42. The summed E-state index contributed by atoms with van der Waals surface area (Å²) in [7, 11) is 0. The minimum atomic E-state index is -1.12. The monoisotopic (exact) mass is 156 g/mol. The molecule has 0 radical (unpaired) electrons. The largest absolute Gasteiger partial charge is 0.291 e. The van der Waals surface area contributed by atoms with Gasteiger partial charge in [-0.25, -0.2) is 0 Å². The van der Waals surface area contributed by atoms with Crippen molar-refractivity contribution in [1.82, 2.24) is 4.98 Å². The van der Waals surface area contributed by atoms with Crippen molar-refractivity contribution in [3.63, 3.8) is 0 Å². The number of carbonyl (C=O) groups excluding carboxylic acids is 1. The van der Waals surface area contributed by atoms with Crippen LogP contribution in [-0.4, -0.2) is 10.6 Å². The predicted molar refractivity (Wildman–Crippen MR) is 42.4 cm³/mol. The summed E-state index contributed by atoms with van der Waals surface area (Å²) in [6.07, 6.45) is 3.26. The fraction of sp³-hybridized carbons (Fsp3) is 0. The number of aromatic nitrogens is 1. The van der Waals surface area contributed by atoms with E-state index in [2.05, 4.69) is 4.98 Å². The lowest BCUT2D eigenvalue weighted by Crippen LogP contribution is -1.94. The van der Waals surface area contributed by atoms with Gasteiger partial charge < -0.3 is 0 Å². The van der Waals surface area contributed by atoms with Crippen molar-refractivity contribution >= 4 is 16.7 Å². The van der Waals surface area contributed by atoms with Crippen molar-refractivity contribution < 1.29 is 4.79 Å². The Labute approximate surface area is 61.7 Å². The van der Waals surface area contributed by atoms with Gasteiger partial charge in [-0.05, 0) is 12.1 Å². The van der Waals surface area contributed by atoms with E-state index in [0.29, 0.717) is 0 Å². The lowest BCUT2D eigenvalue weighted by molar-refractivity contribution is 0.569. The molecule has 1 aromatic heterocycles. The second-order valence-corrected chi connectivity index (χ2v) is 3.27. The highest BCUT2D eigenvalue weighted by atomic mass is 32.2. The van der Waals surface area contributed by atoms with Gasteiger partial charge >= 0.3 is 0 Å². The fourth-order valence-corrected chi connectivity index (χ4v) is 1.15. The van der Waals surface area contributed by atoms with E-state index >= 15 is 0 Å². The number of rotatable bonds is 2. The number of thiol groups is 1. The van der Waals surface area contributed by atoms with Crippen LogP contribution in [0.3, 0.4) is 0 Å². The third-order valence-electron chi connectivity index (χ3n) is 1.06. The molecule has 0 aromatic carbocycles. The van der Waals surface area contributed by atoms with E-state index in [1.54, 1.807) is 24.5 Å². The van der Waals surface area contributed by atoms with Gasteiger partial charge in [0.1, 0.15) is 0 Å². The van der Waals surface area contributed by atoms with E-state index in [1.807, 2.05) is 0 Å². The van der Waals surface area contributed by atoms with Gasteiger partial charge in [-0.1, -0.05) is 0 Å². The smallest absolute Gasteiger partial charge is 0.172 e. The SMILES string of the molecule is N[SH](C=O)c1cccnc1. The second-order valence-electron chi connectivity index (χ2n) is 1.72. The van der Waals surface area contributed by atoms with Crippen molar-refractivity contribution in [3.8, 4) is 0 Å². The molecule has 1 aromatic rings. The molecule has 0 spiro atoms. The van der Waals surface area contributed by atoms with Gasteiger partial charge in [0.15, 0.2) is 5.62 Å². The highest BCUT2D eigenvalue weighted by Crippen LogP contribution is 2.22. The van der Waals surface area contributed by atoms with Crippen LogP contribution in [0.25, 0.3) is 0 Å². The standard InChI is InChI=1S/C6H8N2OS/c7-10(5-9)6-2-1-3-8-4-6/h1-5,10H,7H2. The average molecular weight is 156 g/mol. The molecule has 0 saturated heterocycles. The van der Waals surface area contributed by atoms with Gasteiger partial charge in [0.25, 0.3) is 0 Å². The van der Waals surface area contributed by atoms with Crippen LogP contribution in [0.4, 0.5) is 0 Å². The quantitative estimate of drug-likeness (QED) is 0.484. The van der Waals surface area contributed by atoms with Crippen molar-refractivity contribution in [2.24, 2.45) is 5.14 Å². The number of carbonyl (C=O) groups is 1. The molecule has 1 atom stereocenters. The van der Waals surface area contributed by atoms with E-state index in [4.69, 9.17) is 5.14 Å². The number of hydrogen-bond donors (Lipinski definition) is 2. The predicted octanol–water partition coefficient (Wildman–Crippen LogP) is 0.506. The number of hydrogen-bond acceptors (Lipinski definition) is 3. The summed E-state index contributed by atoms with van der Waals surface area (Å²) < 4.78 is 0. The second kappa shape index (κ2) is 3.34.